The number of hydrogen-bond donors (Lipinski definition) is 1. The largest absolute Gasteiger partial charge is 0.492 e. The highest BCUT2D eigenvalue weighted by Crippen LogP contribution is 2.31. The Balaban J connectivity index is 1.23. The molecular weight excluding hydrogens is 386 g/mol. The molecule has 5 heteroatoms. The molecule has 0 bridgehead atoms. The van der Waals surface area contributed by atoms with Gasteiger partial charge in [0.25, 0.3) is 0 Å². The lowest BCUT2D eigenvalue weighted by molar-refractivity contribution is 0.183. The fraction of sp³-hybridized carbons (Fsp3) is 0.538. The van der Waals surface area contributed by atoms with Gasteiger partial charge in [-0.25, -0.2) is 0 Å². The first-order valence-corrected chi connectivity index (χ1v) is 12.1. The van der Waals surface area contributed by atoms with Gasteiger partial charge in [-0.05, 0) is 88.3 Å². The molecule has 0 saturated carbocycles. The summed E-state index contributed by atoms with van der Waals surface area (Å²) in [5.74, 6) is 1.89. The van der Waals surface area contributed by atoms with E-state index < -0.39 is 0 Å². The lowest BCUT2D eigenvalue weighted by Gasteiger charge is -2.26. The number of nitrogens with one attached hydrogen (secondary N) is 1. The van der Waals surface area contributed by atoms with Crippen LogP contribution in [0.5, 0.6) is 11.5 Å². The maximum absolute atomic E-state index is 6.11. The van der Waals surface area contributed by atoms with E-state index in [2.05, 4.69) is 51.2 Å². The van der Waals surface area contributed by atoms with Crippen LogP contribution in [0.3, 0.4) is 0 Å². The smallest absolute Gasteiger partial charge is 0.120 e. The third-order valence-electron chi connectivity index (χ3n) is 6.79. The summed E-state index contributed by atoms with van der Waals surface area (Å²) in [4.78, 5) is 8.55. The zero-order chi connectivity index (χ0) is 20.9. The minimum absolute atomic E-state index is 0.749. The first-order valence-electron chi connectivity index (χ1n) is 12.1. The number of fused-ring (bicyclic) bond motifs is 3. The van der Waals surface area contributed by atoms with Crippen LogP contribution in [0.15, 0.2) is 36.4 Å². The molecule has 2 aliphatic heterocycles. The monoisotopic (exact) mass is 421 g/mol. The van der Waals surface area contributed by atoms with E-state index in [1.165, 1.54) is 75.5 Å². The molecule has 0 amide bonds. The van der Waals surface area contributed by atoms with Crippen molar-refractivity contribution < 1.29 is 9.47 Å². The van der Waals surface area contributed by atoms with Gasteiger partial charge in [0.1, 0.15) is 24.7 Å². The van der Waals surface area contributed by atoms with Crippen molar-refractivity contribution in [3.63, 3.8) is 0 Å². The van der Waals surface area contributed by atoms with Gasteiger partial charge in [0.2, 0.25) is 0 Å². The quantitative estimate of drug-likeness (QED) is 0.553. The maximum atomic E-state index is 6.11. The van der Waals surface area contributed by atoms with E-state index in [4.69, 9.17) is 9.47 Å². The highest BCUT2D eigenvalue weighted by molar-refractivity contribution is 6.08. The van der Waals surface area contributed by atoms with Gasteiger partial charge in [-0.3, -0.25) is 9.80 Å². The zero-order valence-corrected chi connectivity index (χ0v) is 18.6. The van der Waals surface area contributed by atoms with Crippen LogP contribution in [-0.4, -0.2) is 67.3 Å². The van der Waals surface area contributed by atoms with Crippen molar-refractivity contribution in [3.8, 4) is 11.5 Å². The first kappa shape index (κ1) is 20.7. The second-order valence-electron chi connectivity index (χ2n) is 9.04. The highest BCUT2D eigenvalue weighted by Gasteiger charge is 2.12. The number of likely N-dealkylation sites (tertiary alicyclic amines) is 2. The molecule has 0 aliphatic carbocycles. The Morgan fingerprint density at radius 2 is 1.06 bits per heavy atom. The van der Waals surface area contributed by atoms with Gasteiger partial charge in [0, 0.05) is 34.9 Å². The Bertz CT molecular complexity index is 909. The summed E-state index contributed by atoms with van der Waals surface area (Å²) in [7, 11) is 0. The third-order valence-corrected chi connectivity index (χ3v) is 6.79. The number of rotatable bonds is 8. The van der Waals surface area contributed by atoms with Crippen molar-refractivity contribution >= 4 is 21.8 Å². The van der Waals surface area contributed by atoms with Crippen molar-refractivity contribution in [3.05, 3.63) is 36.4 Å². The SMILES string of the molecule is c1cc2[nH]c3ccc(OCCN4CCCCC4)cc3c2cc1OCCN1CCCCC1. The topological polar surface area (TPSA) is 40.7 Å². The summed E-state index contributed by atoms with van der Waals surface area (Å²) in [6.45, 7) is 8.38. The number of hydrogen-bond acceptors (Lipinski definition) is 4. The summed E-state index contributed by atoms with van der Waals surface area (Å²) >= 11 is 0. The molecule has 2 saturated heterocycles. The van der Waals surface area contributed by atoms with E-state index in [9.17, 15) is 0 Å². The molecule has 0 unspecified atom stereocenters. The fourth-order valence-corrected chi connectivity index (χ4v) is 4.99. The molecule has 0 spiro atoms. The minimum Gasteiger partial charge on any atom is -0.492 e. The van der Waals surface area contributed by atoms with E-state index in [0.29, 0.717) is 0 Å². The van der Waals surface area contributed by atoms with Gasteiger partial charge in [-0.2, -0.15) is 0 Å². The van der Waals surface area contributed by atoms with Crippen molar-refractivity contribution in [2.75, 3.05) is 52.5 Å². The van der Waals surface area contributed by atoms with Crippen LogP contribution in [0.2, 0.25) is 0 Å². The van der Waals surface area contributed by atoms with Crippen LogP contribution in [0.1, 0.15) is 38.5 Å². The predicted octanol–water partition coefficient (Wildman–Crippen LogP) is 5.05. The second kappa shape index (κ2) is 9.92. The minimum atomic E-state index is 0.749. The predicted molar refractivity (Wildman–Crippen MR) is 127 cm³/mol. The molecule has 3 heterocycles. The number of aromatic amines is 1. The summed E-state index contributed by atoms with van der Waals surface area (Å²) in [5.41, 5.74) is 2.28. The average Bonchev–Trinajstić information content (AvgIpc) is 3.18. The van der Waals surface area contributed by atoms with E-state index in [-0.39, 0.29) is 0 Å². The van der Waals surface area contributed by atoms with Crippen LogP contribution in [-0.2, 0) is 0 Å². The molecule has 2 aromatic carbocycles. The normalized spacial score (nSPS) is 18.6. The Labute approximate surface area is 185 Å². The molecule has 2 fully saturated rings. The Hall–Kier alpha value is -2.24. The molecule has 5 nitrogen and oxygen atoms in total. The van der Waals surface area contributed by atoms with Gasteiger partial charge < -0.3 is 14.5 Å². The Morgan fingerprint density at radius 1 is 0.613 bits per heavy atom. The van der Waals surface area contributed by atoms with E-state index in [1.807, 2.05) is 0 Å². The standard InChI is InChI=1S/C26H35N3O2/c1-3-11-28(12-4-1)15-17-30-21-7-9-25-23(19-21)24-20-22(8-10-26(24)27-25)31-18-16-29-13-5-2-6-14-29/h7-10,19-20,27H,1-6,11-18H2. The third kappa shape index (κ3) is 5.16. The number of nitrogens with zero attached hydrogens (tertiary/aromatic N) is 2. The number of ether oxygens (including phenoxy) is 2. The molecule has 1 N–H and O–H groups in total. The first-order chi connectivity index (χ1) is 15.3. The van der Waals surface area contributed by atoms with Crippen molar-refractivity contribution in [2.45, 2.75) is 38.5 Å². The van der Waals surface area contributed by atoms with Gasteiger partial charge in [0.05, 0.1) is 0 Å². The van der Waals surface area contributed by atoms with Crippen molar-refractivity contribution in [2.24, 2.45) is 0 Å². The summed E-state index contributed by atoms with van der Waals surface area (Å²) in [6.07, 6.45) is 8.04. The summed E-state index contributed by atoms with van der Waals surface area (Å²) in [5, 5.41) is 2.40. The summed E-state index contributed by atoms with van der Waals surface area (Å²) in [6, 6.07) is 12.7. The molecule has 2 aliphatic rings. The molecule has 0 atom stereocenters. The number of piperidine rings is 2. The van der Waals surface area contributed by atoms with Crippen LogP contribution >= 0.6 is 0 Å². The Kier molecular flexibility index (Phi) is 6.61. The molecule has 0 radical (unpaired) electrons. The van der Waals surface area contributed by atoms with Crippen LogP contribution < -0.4 is 9.47 Å². The van der Waals surface area contributed by atoms with Gasteiger partial charge in [-0.1, -0.05) is 12.8 Å². The van der Waals surface area contributed by atoms with E-state index >= 15 is 0 Å². The molecular formula is C26H35N3O2. The Morgan fingerprint density at radius 3 is 1.52 bits per heavy atom. The number of benzene rings is 2. The number of H-pyrrole nitrogens is 1. The van der Waals surface area contributed by atoms with Gasteiger partial charge >= 0.3 is 0 Å². The summed E-state index contributed by atoms with van der Waals surface area (Å²) < 4.78 is 12.2. The van der Waals surface area contributed by atoms with E-state index in [1.54, 1.807) is 0 Å². The van der Waals surface area contributed by atoms with Crippen LogP contribution in [0.4, 0.5) is 0 Å². The second-order valence-corrected chi connectivity index (χ2v) is 9.04. The van der Waals surface area contributed by atoms with Crippen LogP contribution in [0, 0.1) is 0 Å². The molecule has 1 aromatic heterocycles. The molecule has 31 heavy (non-hydrogen) atoms. The maximum Gasteiger partial charge on any atom is 0.120 e. The van der Waals surface area contributed by atoms with E-state index in [0.717, 1.165) is 48.8 Å². The number of aromatic nitrogens is 1. The highest BCUT2D eigenvalue weighted by atomic mass is 16.5. The lowest BCUT2D eigenvalue weighted by atomic mass is 10.1. The molecule has 166 valence electrons. The molecule has 5 rings (SSSR count). The van der Waals surface area contributed by atoms with Crippen molar-refractivity contribution in [1.29, 1.82) is 0 Å². The fourth-order valence-electron chi connectivity index (χ4n) is 4.99. The van der Waals surface area contributed by atoms with Crippen LogP contribution in [0.25, 0.3) is 21.8 Å². The van der Waals surface area contributed by atoms with Gasteiger partial charge in [-0.15, -0.1) is 0 Å². The zero-order valence-electron chi connectivity index (χ0n) is 18.6. The average molecular weight is 422 g/mol. The molecule has 3 aromatic rings. The lowest BCUT2D eigenvalue weighted by Crippen LogP contribution is -2.33. The van der Waals surface area contributed by atoms with Crippen molar-refractivity contribution in [1.82, 2.24) is 14.8 Å². The van der Waals surface area contributed by atoms with Gasteiger partial charge in [0.15, 0.2) is 0 Å².